The van der Waals surface area contributed by atoms with Crippen molar-refractivity contribution in [3.8, 4) is 0 Å². The fourth-order valence-corrected chi connectivity index (χ4v) is 3.13. The third-order valence-corrected chi connectivity index (χ3v) is 4.68. The second-order valence-corrected chi connectivity index (χ2v) is 6.97. The second kappa shape index (κ2) is 18.5. The molecule has 0 saturated heterocycles. The third kappa shape index (κ3) is 18.5. The van der Waals surface area contributed by atoms with Gasteiger partial charge in [0, 0.05) is 0 Å². The molecule has 0 N–H and O–H groups in total. The van der Waals surface area contributed by atoms with Crippen LogP contribution in [0.25, 0.3) is 0 Å². The topological polar surface area (TPSA) is 0 Å². The molecular weight excluding hydrogens is 295 g/mol. The maximum atomic E-state index is 2.69. The Morgan fingerprint density at radius 1 is 0.421 bits per heavy atom. The van der Waals surface area contributed by atoms with E-state index < -0.39 is 0 Å². The standard InChI is InChI=1S/C18H38Se/c1-2-3-4-5-6-7-8-9-10-11-12-13-14-15-16-17-18-19/h19H,2-18H2,1H3. The first-order valence-corrected chi connectivity index (χ1v) is 10.4. The Morgan fingerprint density at radius 2 is 0.684 bits per heavy atom. The van der Waals surface area contributed by atoms with Crippen LogP contribution in [0.4, 0.5) is 0 Å². The SMILES string of the molecule is CCCCCCCCCCCCCCCCCC[SeH]. The zero-order valence-electron chi connectivity index (χ0n) is 13.5. The van der Waals surface area contributed by atoms with E-state index in [1.54, 1.807) is 0 Å². The second-order valence-electron chi connectivity index (χ2n) is 6.03. The molecular formula is C18H38Se. The summed E-state index contributed by atoms with van der Waals surface area (Å²) in [6, 6.07) is 0. The van der Waals surface area contributed by atoms with Crippen LogP contribution >= 0.6 is 0 Å². The molecule has 0 fully saturated rings. The summed E-state index contributed by atoms with van der Waals surface area (Å²) < 4.78 is 0. The van der Waals surface area contributed by atoms with Gasteiger partial charge in [0.05, 0.1) is 0 Å². The zero-order chi connectivity index (χ0) is 14.0. The van der Waals surface area contributed by atoms with Gasteiger partial charge >= 0.3 is 92.0 Å². The zero-order valence-corrected chi connectivity index (χ0v) is 15.3. The van der Waals surface area contributed by atoms with Crippen LogP contribution in [-0.4, -0.2) is 16.0 Å². The molecule has 0 aliphatic rings. The molecule has 1 heteroatoms. The van der Waals surface area contributed by atoms with E-state index >= 15 is 0 Å². The Bertz CT molecular complexity index is 129. The van der Waals surface area contributed by atoms with Gasteiger partial charge in [-0.2, -0.15) is 0 Å². The summed E-state index contributed by atoms with van der Waals surface area (Å²) in [7, 11) is 0. The average molecular weight is 333 g/mol. The fraction of sp³-hybridized carbons (Fsp3) is 1.00. The molecule has 0 atom stereocenters. The van der Waals surface area contributed by atoms with Crippen molar-refractivity contribution in [3.05, 3.63) is 0 Å². The van der Waals surface area contributed by atoms with E-state index in [1.807, 2.05) is 0 Å². The Kier molecular flexibility index (Phi) is 19.0. The molecule has 0 aromatic carbocycles. The fourth-order valence-electron chi connectivity index (χ4n) is 2.66. The summed E-state index contributed by atoms with van der Waals surface area (Å²) in [6.07, 6.45) is 23.5. The molecule has 0 saturated carbocycles. The van der Waals surface area contributed by atoms with Gasteiger partial charge < -0.3 is 0 Å². The molecule has 0 bridgehead atoms. The van der Waals surface area contributed by atoms with Crippen LogP contribution < -0.4 is 0 Å². The molecule has 0 aromatic rings. The first kappa shape index (κ1) is 19.5. The van der Waals surface area contributed by atoms with E-state index in [9.17, 15) is 0 Å². The molecule has 0 aromatic heterocycles. The van der Waals surface area contributed by atoms with Crippen molar-refractivity contribution < 1.29 is 0 Å². The van der Waals surface area contributed by atoms with Crippen LogP contribution in [0.2, 0.25) is 5.32 Å². The summed E-state index contributed by atoms with van der Waals surface area (Å²) in [5.41, 5.74) is 0. The third-order valence-electron chi connectivity index (χ3n) is 4.01. The van der Waals surface area contributed by atoms with E-state index in [0.717, 1.165) is 0 Å². The Balaban J connectivity index is 2.88. The molecule has 0 radical (unpaired) electrons. The van der Waals surface area contributed by atoms with Gasteiger partial charge in [0.15, 0.2) is 0 Å². The summed E-state index contributed by atoms with van der Waals surface area (Å²) in [5.74, 6) is 0. The Hall–Kier alpha value is 0.519. The number of unbranched alkanes of at least 4 members (excludes halogenated alkanes) is 15. The van der Waals surface area contributed by atoms with Crippen molar-refractivity contribution in [2.75, 3.05) is 0 Å². The summed E-state index contributed by atoms with van der Waals surface area (Å²) >= 11 is 2.69. The first-order chi connectivity index (χ1) is 9.41. The molecule has 0 unspecified atom stereocenters. The van der Waals surface area contributed by atoms with Gasteiger partial charge in [-0.25, -0.2) is 0 Å². The van der Waals surface area contributed by atoms with E-state index in [4.69, 9.17) is 0 Å². The molecule has 0 aliphatic carbocycles. The van der Waals surface area contributed by atoms with Crippen molar-refractivity contribution in [3.63, 3.8) is 0 Å². The molecule has 19 heavy (non-hydrogen) atoms. The Morgan fingerprint density at radius 3 is 0.947 bits per heavy atom. The van der Waals surface area contributed by atoms with Crippen LogP contribution in [0, 0.1) is 0 Å². The normalized spacial score (nSPS) is 11.1. The van der Waals surface area contributed by atoms with Gasteiger partial charge in [0.2, 0.25) is 0 Å². The van der Waals surface area contributed by atoms with E-state index in [2.05, 4.69) is 22.9 Å². The van der Waals surface area contributed by atoms with Crippen LogP contribution in [0.1, 0.15) is 110 Å². The summed E-state index contributed by atoms with van der Waals surface area (Å²) in [6.45, 7) is 2.29. The molecule has 0 heterocycles. The average Bonchev–Trinajstić information content (AvgIpc) is 2.43. The van der Waals surface area contributed by atoms with Crippen molar-refractivity contribution in [2.24, 2.45) is 0 Å². The number of hydrogen-bond acceptors (Lipinski definition) is 0. The molecule has 0 aliphatic heterocycles. The molecule has 0 amide bonds. The molecule has 0 spiro atoms. The van der Waals surface area contributed by atoms with Crippen molar-refractivity contribution >= 4 is 16.0 Å². The molecule has 116 valence electrons. The molecule has 0 rings (SSSR count). The van der Waals surface area contributed by atoms with Gasteiger partial charge in [-0.1, -0.05) is 39.0 Å². The van der Waals surface area contributed by atoms with Crippen LogP contribution in [-0.2, 0) is 0 Å². The van der Waals surface area contributed by atoms with Gasteiger partial charge in [-0.15, -0.1) is 0 Å². The van der Waals surface area contributed by atoms with Gasteiger partial charge in [0.1, 0.15) is 0 Å². The Labute approximate surface area is 131 Å². The van der Waals surface area contributed by atoms with E-state index in [0.29, 0.717) is 0 Å². The van der Waals surface area contributed by atoms with Crippen molar-refractivity contribution in [2.45, 2.75) is 115 Å². The van der Waals surface area contributed by atoms with E-state index in [1.165, 1.54) is 108 Å². The van der Waals surface area contributed by atoms with Gasteiger partial charge in [-0.05, 0) is 0 Å². The van der Waals surface area contributed by atoms with Crippen LogP contribution in [0.15, 0.2) is 0 Å². The maximum absolute atomic E-state index is 2.69. The van der Waals surface area contributed by atoms with Crippen molar-refractivity contribution in [1.82, 2.24) is 0 Å². The number of rotatable bonds is 16. The minimum atomic E-state index is 1.31. The quantitative estimate of drug-likeness (QED) is 0.221. The van der Waals surface area contributed by atoms with Crippen LogP contribution in [0.3, 0.4) is 0 Å². The first-order valence-electron chi connectivity index (χ1n) is 9.02. The predicted molar refractivity (Wildman–Crippen MR) is 91.5 cm³/mol. The van der Waals surface area contributed by atoms with Crippen molar-refractivity contribution in [1.29, 1.82) is 0 Å². The van der Waals surface area contributed by atoms with E-state index in [-0.39, 0.29) is 0 Å². The molecule has 0 nitrogen and oxygen atoms in total. The van der Waals surface area contributed by atoms with Gasteiger partial charge in [-0.3, -0.25) is 0 Å². The van der Waals surface area contributed by atoms with Gasteiger partial charge in [0.25, 0.3) is 0 Å². The number of hydrogen-bond donors (Lipinski definition) is 0. The predicted octanol–water partition coefficient (Wildman–Crippen LogP) is 6.57. The summed E-state index contributed by atoms with van der Waals surface area (Å²) in [4.78, 5) is 0. The van der Waals surface area contributed by atoms with Crippen LogP contribution in [0.5, 0.6) is 0 Å². The summed E-state index contributed by atoms with van der Waals surface area (Å²) in [5, 5.41) is 1.31. The minimum absolute atomic E-state index is 1.31. The monoisotopic (exact) mass is 334 g/mol.